The zero-order valence-electron chi connectivity index (χ0n) is 9.33. The van der Waals surface area contributed by atoms with Gasteiger partial charge in [0.2, 0.25) is 0 Å². The molecule has 6 nitrogen and oxygen atoms in total. The number of carboxylic acid groups (broad SMARTS) is 1. The van der Waals surface area contributed by atoms with Crippen molar-refractivity contribution in [2.24, 2.45) is 0 Å². The molecule has 1 aliphatic heterocycles. The van der Waals surface area contributed by atoms with E-state index in [4.69, 9.17) is 9.84 Å². The minimum absolute atomic E-state index is 0.0435. The fraction of sp³-hybridized carbons (Fsp3) is 0.545. The molecule has 0 amide bonds. The SMILES string of the molecule is O=C(O)c1ccc(=O)n(CC2CCCCO2)n1. The average molecular weight is 238 g/mol. The van der Waals surface area contributed by atoms with Gasteiger partial charge in [0.1, 0.15) is 0 Å². The van der Waals surface area contributed by atoms with Gasteiger partial charge in [0.25, 0.3) is 5.56 Å². The lowest BCUT2D eigenvalue weighted by molar-refractivity contribution is 0.00295. The molecule has 1 saturated heterocycles. The van der Waals surface area contributed by atoms with Gasteiger partial charge in [-0.15, -0.1) is 0 Å². The molecule has 0 spiro atoms. The average Bonchev–Trinajstić information content (AvgIpc) is 2.33. The van der Waals surface area contributed by atoms with Crippen molar-refractivity contribution in [1.82, 2.24) is 9.78 Å². The molecule has 0 aliphatic carbocycles. The topological polar surface area (TPSA) is 81.4 Å². The van der Waals surface area contributed by atoms with Crippen molar-refractivity contribution >= 4 is 5.97 Å². The summed E-state index contributed by atoms with van der Waals surface area (Å²) in [6, 6.07) is 2.43. The molecule has 1 N–H and O–H groups in total. The third-order valence-electron chi connectivity index (χ3n) is 2.74. The molecule has 0 saturated carbocycles. The maximum absolute atomic E-state index is 11.5. The summed E-state index contributed by atoms with van der Waals surface area (Å²) in [7, 11) is 0. The first-order chi connectivity index (χ1) is 8.16. The number of carboxylic acids is 1. The Balaban J connectivity index is 2.16. The first kappa shape index (κ1) is 11.8. The van der Waals surface area contributed by atoms with Crippen LogP contribution in [0.4, 0.5) is 0 Å². The van der Waals surface area contributed by atoms with Crippen molar-refractivity contribution in [2.75, 3.05) is 6.61 Å². The largest absolute Gasteiger partial charge is 0.476 e. The van der Waals surface area contributed by atoms with Crippen LogP contribution in [0.5, 0.6) is 0 Å². The number of aromatic nitrogens is 2. The van der Waals surface area contributed by atoms with Crippen molar-refractivity contribution in [3.63, 3.8) is 0 Å². The molecule has 0 aromatic carbocycles. The molecule has 1 unspecified atom stereocenters. The normalized spacial score (nSPS) is 20.1. The third kappa shape index (κ3) is 2.91. The van der Waals surface area contributed by atoms with Gasteiger partial charge in [0.05, 0.1) is 12.6 Å². The number of carbonyl (C=O) groups is 1. The second-order valence-electron chi connectivity index (χ2n) is 4.03. The zero-order valence-corrected chi connectivity index (χ0v) is 9.33. The van der Waals surface area contributed by atoms with E-state index in [-0.39, 0.29) is 17.4 Å². The van der Waals surface area contributed by atoms with Gasteiger partial charge in [0.15, 0.2) is 5.69 Å². The molecule has 1 atom stereocenters. The van der Waals surface area contributed by atoms with Crippen molar-refractivity contribution in [3.05, 3.63) is 28.2 Å². The number of ether oxygens (including phenoxy) is 1. The van der Waals surface area contributed by atoms with Gasteiger partial charge < -0.3 is 9.84 Å². The van der Waals surface area contributed by atoms with E-state index in [0.29, 0.717) is 13.2 Å². The van der Waals surface area contributed by atoms with Gasteiger partial charge in [-0.05, 0) is 25.3 Å². The van der Waals surface area contributed by atoms with E-state index in [0.717, 1.165) is 19.3 Å². The van der Waals surface area contributed by atoms with Gasteiger partial charge in [-0.25, -0.2) is 9.48 Å². The van der Waals surface area contributed by atoms with Crippen molar-refractivity contribution in [2.45, 2.75) is 31.9 Å². The van der Waals surface area contributed by atoms with Gasteiger partial charge >= 0.3 is 5.97 Å². The van der Waals surface area contributed by atoms with Gasteiger partial charge in [-0.3, -0.25) is 4.79 Å². The highest BCUT2D eigenvalue weighted by atomic mass is 16.5. The Hall–Kier alpha value is -1.69. The highest BCUT2D eigenvalue weighted by molar-refractivity contribution is 5.84. The predicted octanol–water partition coefficient (Wildman–Crippen LogP) is 0.511. The minimum atomic E-state index is -1.14. The van der Waals surface area contributed by atoms with Crippen LogP contribution in [0.2, 0.25) is 0 Å². The van der Waals surface area contributed by atoms with Crippen LogP contribution >= 0.6 is 0 Å². The second-order valence-corrected chi connectivity index (χ2v) is 4.03. The van der Waals surface area contributed by atoms with Gasteiger partial charge in [0, 0.05) is 12.7 Å². The predicted molar refractivity (Wildman–Crippen MR) is 59.0 cm³/mol. The summed E-state index contributed by atoms with van der Waals surface area (Å²) in [5, 5.41) is 12.6. The molecule has 1 aliphatic rings. The Bertz CT molecular complexity index is 463. The lowest BCUT2D eigenvalue weighted by Gasteiger charge is -2.22. The number of nitrogens with zero attached hydrogens (tertiary/aromatic N) is 2. The number of aromatic carboxylic acids is 1. The van der Waals surface area contributed by atoms with Gasteiger partial charge in [-0.1, -0.05) is 0 Å². The van der Waals surface area contributed by atoms with Crippen LogP contribution in [0.15, 0.2) is 16.9 Å². The summed E-state index contributed by atoms with van der Waals surface area (Å²) < 4.78 is 6.66. The molecule has 2 rings (SSSR count). The van der Waals surface area contributed by atoms with Gasteiger partial charge in [-0.2, -0.15) is 5.10 Å². The lowest BCUT2D eigenvalue weighted by atomic mass is 10.1. The minimum Gasteiger partial charge on any atom is -0.476 e. The Morgan fingerprint density at radius 3 is 3.00 bits per heavy atom. The van der Waals surface area contributed by atoms with Crippen molar-refractivity contribution in [3.8, 4) is 0 Å². The smallest absolute Gasteiger partial charge is 0.356 e. The summed E-state index contributed by atoms with van der Waals surface area (Å²) in [4.78, 5) is 22.3. The molecule has 1 aromatic heterocycles. The van der Waals surface area contributed by atoms with Crippen LogP contribution in [0.3, 0.4) is 0 Å². The number of rotatable bonds is 3. The molecule has 6 heteroatoms. The van der Waals surface area contributed by atoms with Crippen LogP contribution < -0.4 is 5.56 Å². The number of hydrogen-bond donors (Lipinski definition) is 1. The van der Waals surface area contributed by atoms with Crippen LogP contribution in [0.1, 0.15) is 29.8 Å². The quantitative estimate of drug-likeness (QED) is 0.829. The summed E-state index contributed by atoms with van der Waals surface area (Å²) in [5.74, 6) is -1.14. The summed E-state index contributed by atoms with van der Waals surface area (Å²) in [6.07, 6.45) is 2.94. The molecule has 0 radical (unpaired) electrons. The molecule has 2 heterocycles. The van der Waals surface area contributed by atoms with Crippen molar-refractivity contribution in [1.29, 1.82) is 0 Å². The number of hydrogen-bond acceptors (Lipinski definition) is 4. The maximum atomic E-state index is 11.5. The van der Waals surface area contributed by atoms with Crippen LogP contribution in [-0.2, 0) is 11.3 Å². The molecular weight excluding hydrogens is 224 g/mol. The monoisotopic (exact) mass is 238 g/mol. The molecule has 0 bridgehead atoms. The third-order valence-corrected chi connectivity index (χ3v) is 2.74. The van der Waals surface area contributed by atoms with Crippen molar-refractivity contribution < 1.29 is 14.6 Å². The van der Waals surface area contributed by atoms with Crippen LogP contribution in [0.25, 0.3) is 0 Å². The molecule has 1 aromatic rings. The summed E-state index contributed by atoms with van der Waals surface area (Å²) >= 11 is 0. The Morgan fingerprint density at radius 2 is 2.35 bits per heavy atom. The van der Waals surface area contributed by atoms with E-state index in [9.17, 15) is 9.59 Å². The molecule has 92 valence electrons. The maximum Gasteiger partial charge on any atom is 0.356 e. The Kier molecular flexibility index (Phi) is 3.53. The zero-order chi connectivity index (χ0) is 12.3. The summed E-state index contributed by atoms with van der Waals surface area (Å²) in [6.45, 7) is 1.01. The summed E-state index contributed by atoms with van der Waals surface area (Å²) in [5.41, 5.74) is -0.426. The molecular formula is C11H14N2O4. The molecule has 17 heavy (non-hydrogen) atoms. The fourth-order valence-electron chi connectivity index (χ4n) is 1.84. The Labute approximate surface area is 97.8 Å². The highest BCUT2D eigenvalue weighted by Crippen LogP contribution is 2.13. The van der Waals surface area contributed by atoms with Crippen LogP contribution in [-0.4, -0.2) is 33.6 Å². The fourth-order valence-corrected chi connectivity index (χ4v) is 1.84. The highest BCUT2D eigenvalue weighted by Gasteiger charge is 2.16. The van der Waals surface area contributed by atoms with Crippen LogP contribution in [0, 0.1) is 0 Å². The van der Waals surface area contributed by atoms with E-state index in [2.05, 4.69) is 5.10 Å². The first-order valence-electron chi connectivity index (χ1n) is 5.60. The molecule has 1 fully saturated rings. The van der Waals surface area contributed by atoms with E-state index < -0.39 is 5.97 Å². The first-order valence-corrected chi connectivity index (χ1v) is 5.60. The van der Waals surface area contributed by atoms with E-state index in [1.807, 2.05) is 0 Å². The van der Waals surface area contributed by atoms with E-state index >= 15 is 0 Å². The van der Waals surface area contributed by atoms with E-state index in [1.54, 1.807) is 0 Å². The standard InChI is InChI=1S/C11H14N2O4/c14-10-5-4-9(11(15)16)12-13(10)7-8-3-1-2-6-17-8/h4-5,8H,1-3,6-7H2,(H,15,16). The second kappa shape index (κ2) is 5.09. The van der Waals surface area contributed by atoms with E-state index in [1.165, 1.54) is 16.8 Å². The lowest BCUT2D eigenvalue weighted by Crippen LogP contribution is -2.32. The Morgan fingerprint density at radius 1 is 1.53 bits per heavy atom.